The largest absolute Gasteiger partial charge is 0.508 e. The normalized spacial score (nSPS) is 17.7. The van der Waals surface area contributed by atoms with E-state index in [9.17, 15) is 19.8 Å². The number of benzene rings is 2. The molecule has 8 heteroatoms. The lowest BCUT2D eigenvalue weighted by molar-refractivity contribution is -0.140. The number of amides is 1. The van der Waals surface area contributed by atoms with E-state index in [1.54, 1.807) is 43.3 Å². The minimum Gasteiger partial charge on any atom is -0.508 e. The molecule has 0 aliphatic carbocycles. The lowest BCUT2D eigenvalue weighted by atomic mass is 9.90. The van der Waals surface area contributed by atoms with E-state index < -0.39 is 18.0 Å². The molecule has 2 aromatic carbocycles. The molecule has 2 atom stereocenters. The monoisotopic (exact) mass is 437 g/mol. The first-order valence-corrected chi connectivity index (χ1v) is 10.4. The number of nitrogens with zero attached hydrogens (tertiary/aromatic N) is 1. The number of carboxylic acid groups (broad SMARTS) is 1. The van der Waals surface area contributed by atoms with Crippen molar-refractivity contribution in [3.63, 3.8) is 0 Å². The zero-order valence-electron chi connectivity index (χ0n) is 17.8. The van der Waals surface area contributed by atoms with Gasteiger partial charge in [-0.15, -0.1) is 0 Å². The van der Waals surface area contributed by atoms with Crippen LogP contribution in [-0.4, -0.2) is 41.0 Å². The second-order valence-corrected chi connectivity index (χ2v) is 7.60. The highest BCUT2D eigenvalue weighted by atomic mass is 16.5. The molecule has 0 unspecified atom stereocenters. The van der Waals surface area contributed by atoms with E-state index in [1.807, 2.05) is 0 Å². The van der Waals surface area contributed by atoms with Gasteiger partial charge in [0, 0.05) is 24.7 Å². The summed E-state index contributed by atoms with van der Waals surface area (Å²) in [5.41, 5.74) is 7.39. The van der Waals surface area contributed by atoms with E-state index in [4.69, 9.17) is 10.5 Å². The Morgan fingerprint density at radius 3 is 2.62 bits per heavy atom. The van der Waals surface area contributed by atoms with Crippen molar-refractivity contribution in [3.8, 4) is 11.5 Å². The number of aromatic hydroxyl groups is 1. The second kappa shape index (κ2) is 10.5. The quantitative estimate of drug-likeness (QED) is 0.206. The third-order valence-electron chi connectivity index (χ3n) is 5.09. The van der Waals surface area contributed by atoms with Crippen molar-refractivity contribution >= 4 is 23.8 Å². The lowest BCUT2D eigenvalue weighted by Gasteiger charge is -2.16. The van der Waals surface area contributed by atoms with Gasteiger partial charge < -0.3 is 26.0 Å². The van der Waals surface area contributed by atoms with Crippen molar-refractivity contribution in [2.45, 2.75) is 31.8 Å². The molecule has 3 rings (SSSR count). The third kappa shape index (κ3) is 5.87. The number of amidine groups is 1. The number of ether oxygens (including phenoxy) is 1. The van der Waals surface area contributed by atoms with Crippen LogP contribution in [0.4, 0.5) is 0 Å². The van der Waals surface area contributed by atoms with Gasteiger partial charge in [0.05, 0.1) is 5.84 Å². The molecular formula is C24H27N3O5. The van der Waals surface area contributed by atoms with E-state index >= 15 is 0 Å². The van der Waals surface area contributed by atoms with Crippen molar-refractivity contribution in [2.75, 3.05) is 13.1 Å². The molecule has 1 aliphatic heterocycles. The Balaban J connectivity index is 1.63. The molecule has 0 saturated carbocycles. The Labute approximate surface area is 186 Å². The Kier molecular flexibility index (Phi) is 7.49. The summed E-state index contributed by atoms with van der Waals surface area (Å²) in [6.07, 6.45) is 4.00. The Hall–Kier alpha value is -3.81. The summed E-state index contributed by atoms with van der Waals surface area (Å²) < 4.78 is 5.90. The van der Waals surface area contributed by atoms with Gasteiger partial charge in [0.1, 0.15) is 23.5 Å². The van der Waals surface area contributed by atoms with Crippen molar-refractivity contribution in [1.29, 1.82) is 0 Å². The topological polar surface area (TPSA) is 134 Å². The molecule has 1 amide bonds. The standard InChI is InChI=1S/C24H27N3O5/c1-15(25)26-12-2-3-13-27-21(29)11-5-16-4-10-20-19(14-16)22(24(30)31)23(32-20)17-6-8-18(28)9-7-17/h4-11,14,22-23,28H,2-3,12-13H2,1H3,(H2,25,26)(H,27,29)(H,30,31)/b11-5+/t22-,23+/m0/s1. The zero-order valence-corrected chi connectivity index (χ0v) is 17.8. The zero-order chi connectivity index (χ0) is 23.1. The Morgan fingerprint density at radius 2 is 1.94 bits per heavy atom. The van der Waals surface area contributed by atoms with E-state index in [2.05, 4.69) is 10.3 Å². The molecule has 168 valence electrons. The summed E-state index contributed by atoms with van der Waals surface area (Å²) in [5.74, 6) is -0.979. The van der Waals surface area contributed by atoms with Gasteiger partial charge in [-0.3, -0.25) is 14.6 Å². The molecule has 8 nitrogen and oxygen atoms in total. The van der Waals surface area contributed by atoms with Gasteiger partial charge in [0.25, 0.3) is 0 Å². The number of carboxylic acids is 1. The van der Waals surface area contributed by atoms with E-state index in [1.165, 1.54) is 18.2 Å². The van der Waals surface area contributed by atoms with Crippen LogP contribution in [0, 0.1) is 0 Å². The number of nitrogens with one attached hydrogen (secondary N) is 1. The average molecular weight is 437 g/mol. The number of hydrogen-bond donors (Lipinski definition) is 4. The molecule has 1 aliphatic rings. The van der Waals surface area contributed by atoms with E-state index in [-0.39, 0.29) is 11.7 Å². The predicted molar refractivity (Wildman–Crippen MR) is 122 cm³/mol. The highest BCUT2D eigenvalue weighted by molar-refractivity contribution is 5.91. The van der Waals surface area contributed by atoms with Crippen molar-refractivity contribution in [3.05, 3.63) is 65.2 Å². The number of nitrogens with two attached hydrogens (primary N) is 1. The summed E-state index contributed by atoms with van der Waals surface area (Å²) in [5, 5.41) is 22.1. The summed E-state index contributed by atoms with van der Waals surface area (Å²) in [7, 11) is 0. The molecule has 1 heterocycles. The molecule has 0 saturated heterocycles. The van der Waals surface area contributed by atoms with Crippen molar-refractivity contribution in [1.82, 2.24) is 5.32 Å². The van der Waals surface area contributed by atoms with Gasteiger partial charge in [-0.25, -0.2) is 0 Å². The van der Waals surface area contributed by atoms with Crippen LogP contribution in [-0.2, 0) is 9.59 Å². The van der Waals surface area contributed by atoms with Crippen LogP contribution in [0.2, 0.25) is 0 Å². The molecule has 0 radical (unpaired) electrons. The summed E-state index contributed by atoms with van der Waals surface area (Å²) in [6.45, 7) is 2.92. The lowest BCUT2D eigenvalue weighted by Crippen LogP contribution is -2.22. The number of fused-ring (bicyclic) bond motifs is 1. The maximum atomic E-state index is 12.0. The molecule has 2 aromatic rings. The maximum absolute atomic E-state index is 12.0. The Morgan fingerprint density at radius 1 is 1.19 bits per heavy atom. The van der Waals surface area contributed by atoms with Crippen LogP contribution >= 0.6 is 0 Å². The first kappa shape index (κ1) is 22.9. The number of rotatable bonds is 9. The first-order chi connectivity index (χ1) is 15.3. The molecule has 0 fully saturated rings. The molecule has 0 bridgehead atoms. The number of carbonyl (C=O) groups is 2. The highest BCUT2D eigenvalue weighted by Gasteiger charge is 2.40. The van der Waals surface area contributed by atoms with Gasteiger partial charge in [0.15, 0.2) is 0 Å². The minimum atomic E-state index is -1.00. The average Bonchev–Trinajstić information content (AvgIpc) is 3.14. The van der Waals surface area contributed by atoms with Gasteiger partial charge in [-0.05, 0) is 61.2 Å². The Bertz CT molecular complexity index is 1030. The van der Waals surface area contributed by atoms with Crippen LogP contribution < -0.4 is 15.8 Å². The molecule has 0 spiro atoms. The second-order valence-electron chi connectivity index (χ2n) is 7.60. The van der Waals surface area contributed by atoms with Gasteiger partial charge in [-0.2, -0.15) is 0 Å². The number of unbranched alkanes of at least 4 members (excludes halogenated alkanes) is 1. The SMILES string of the molecule is CC(N)=NCCCCNC(=O)/C=C/c1ccc2c(c1)[C@H](C(=O)O)[C@@H](c1ccc(O)cc1)O2. The number of hydrogen-bond acceptors (Lipinski definition) is 5. The molecule has 0 aromatic heterocycles. The molecular weight excluding hydrogens is 410 g/mol. The first-order valence-electron chi connectivity index (χ1n) is 10.4. The number of phenolic OH excluding ortho intramolecular Hbond substituents is 1. The van der Waals surface area contributed by atoms with Crippen LogP contribution in [0.1, 0.15) is 48.5 Å². The number of phenols is 1. The maximum Gasteiger partial charge on any atom is 0.315 e. The van der Waals surface area contributed by atoms with Crippen molar-refractivity contribution in [2.24, 2.45) is 10.7 Å². The summed E-state index contributed by atoms with van der Waals surface area (Å²) >= 11 is 0. The fourth-order valence-corrected chi connectivity index (χ4v) is 3.51. The van der Waals surface area contributed by atoms with E-state index in [0.29, 0.717) is 41.4 Å². The third-order valence-corrected chi connectivity index (χ3v) is 5.09. The van der Waals surface area contributed by atoms with Crippen LogP contribution in [0.5, 0.6) is 11.5 Å². The fraction of sp³-hybridized carbons (Fsp3) is 0.292. The van der Waals surface area contributed by atoms with Gasteiger partial charge in [0.2, 0.25) is 5.91 Å². The molecule has 5 N–H and O–H groups in total. The smallest absolute Gasteiger partial charge is 0.315 e. The predicted octanol–water partition coefficient (Wildman–Crippen LogP) is 2.98. The molecule has 32 heavy (non-hydrogen) atoms. The van der Waals surface area contributed by atoms with E-state index in [0.717, 1.165) is 12.8 Å². The fourth-order valence-electron chi connectivity index (χ4n) is 3.51. The highest BCUT2D eigenvalue weighted by Crippen LogP contribution is 2.46. The van der Waals surface area contributed by atoms with Crippen LogP contribution in [0.3, 0.4) is 0 Å². The summed E-state index contributed by atoms with van der Waals surface area (Å²) in [4.78, 5) is 28.1. The number of aliphatic imine (C=N–C) groups is 1. The number of carbonyl (C=O) groups excluding carboxylic acids is 1. The van der Waals surface area contributed by atoms with Crippen LogP contribution in [0.15, 0.2) is 53.5 Å². The van der Waals surface area contributed by atoms with Crippen LogP contribution in [0.25, 0.3) is 6.08 Å². The minimum absolute atomic E-state index is 0.0981. The summed E-state index contributed by atoms with van der Waals surface area (Å²) in [6, 6.07) is 11.5. The van der Waals surface area contributed by atoms with Gasteiger partial charge in [-0.1, -0.05) is 18.2 Å². The van der Waals surface area contributed by atoms with Crippen molar-refractivity contribution < 1.29 is 24.5 Å². The van der Waals surface area contributed by atoms with Gasteiger partial charge >= 0.3 is 5.97 Å². The number of aliphatic carboxylic acids is 1.